The van der Waals surface area contributed by atoms with E-state index in [0.717, 1.165) is 27.5 Å². The maximum atomic E-state index is 12.9. The minimum atomic E-state index is -1.18. The van der Waals surface area contributed by atoms with Crippen molar-refractivity contribution in [3.63, 3.8) is 0 Å². The average molecular weight is 613 g/mol. The van der Waals surface area contributed by atoms with E-state index in [9.17, 15) is 19.5 Å². The first-order valence-electron chi connectivity index (χ1n) is 15.0. The minimum absolute atomic E-state index is 0.0937. The molecular formula is C37H44N2O6. The number of rotatable bonds is 10. The van der Waals surface area contributed by atoms with Gasteiger partial charge in [0.1, 0.15) is 18.0 Å². The van der Waals surface area contributed by atoms with Crippen LogP contribution in [0.3, 0.4) is 0 Å². The van der Waals surface area contributed by atoms with Crippen LogP contribution in [0.25, 0.3) is 10.8 Å². The molecule has 3 atom stereocenters. The number of hydrogen-bond acceptors (Lipinski definition) is 6. The maximum absolute atomic E-state index is 12.9. The predicted octanol–water partition coefficient (Wildman–Crippen LogP) is 6.77. The molecule has 3 N–H and O–H groups in total. The minimum Gasteiger partial charge on any atom is -0.445 e. The van der Waals surface area contributed by atoms with Crippen molar-refractivity contribution in [3.8, 4) is 0 Å². The number of carbonyl (C=O) groups is 3. The van der Waals surface area contributed by atoms with E-state index < -0.39 is 36.0 Å². The van der Waals surface area contributed by atoms with E-state index in [1.165, 1.54) is 13.8 Å². The highest BCUT2D eigenvalue weighted by atomic mass is 16.6. The summed E-state index contributed by atoms with van der Waals surface area (Å²) in [6.45, 7) is 8.50. The summed E-state index contributed by atoms with van der Waals surface area (Å²) in [5.41, 5.74) is 2.00. The number of ether oxygens (including phenoxy) is 2. The lowest BCUT2D eigenvalue weighted by Gasteiger charge is -2.32. The van der Waals surface area contributed by atoms with Crippen molar-refractivity contribution in [2.45, 2.75) is 77.9 Å². The van der Waals surface area contributed by atoms with Gasteiger partial charge in [0.2, 0.25) is 0 Å². The van der Waals surface area contributed by atoms with Crippen LogP contribution in [0.2, 0.25) is 0 Å². The molecule has 4 aromatic rings. The van der Waals surface area contributed by atoms with Gasteiger partial charge in [0.15, 0.2) is 0 Å². The van der Waals surface area contributed by atoms with E-state index in [4.69, 9.17) is 9.47 Å². The van der Waals surface area contributed by atoms with Crippen molar-refractivity contribution in [1.82, 2.24) is 10.6 Å². The molecule has 4 aromatic carbocycles. The van der Waals surface area contributed by atoms with Crippen LogP contribution in [-0.2, 0) is 33.7 Å². The molecule has 0 aliphatic rings. The number of alkyl carbamates (subject to hydrolysis) is 2. The Morgan fingerprint density at radius 1 is 0.689 bits per heavy atom. The number of ketones is 1. The lowest BCUT2D eigenvalue weighted by molar-refractivity contribution is -0.115. The number of nitrogens with one attached hydrogen (secondary N) is 2. The molecule has 8 nitrogen and oxygen atoms in total. The van der Waals surface area contributed by atoms with Crippen molar-refractivity contribution in [1.29, 1.82) is 0 Å². The zero-order valence-corrected chi connectivity index (χ0v) is 26.7. The van der Waals surface area contributed by atoms with Crippen LogP contribution >= 0.6 is 0 Å². The second-order valence-electron chi connectivity index (χ2n) is 12.0. The molecule has 238 valence electrons. The van der Waals surface area contributed by atoms with Gasteiger partial charge in [-0.3, -0.25) is 0 Å². The maximum Gasteiger partial charge on any atom is 0.407 e. The Kier molecular flexibility index (Phi) is 13.1. The average Bonchev–Trinajstić information content (AvgIpc) is 2.99. The van der Waals surface area contributed by atoms with Crippen LogP contribution in [0.15, 0.2) is 103 Å². The summed E-state index contributed by atoms with van der Waals surface area (Å²) in [5.74, 6) is 0.167. The lowest BCUT2D eigenvalue weighted by Crippen LogP contribution is -2.56. The van der Waals surface area contributed by atoms with Crippen molar-refractivity contribution in [2.24, 2.45) is 0 Å². The zero-order chi connectivity index (χ0) is 32.8. The third-order valence-electron chi connectivity index (χ3n) is 6.66. The lowest BCUT2D eigenvalue weighted by atomic mass is 9.91. The molecule has 2 amide bonds. The molecule has 4 rings (SSSR count). The van der Waals surface area contributed by atoms with Crippen LogP contribution in [0.5, 0.6) is 0 Å². The molecule has 8 heteroatoms. The predicted molar refractivity (Wildman–Crippen MR) is 177 cm³/mol. The second kappa shape index (κ2) is 17.0. The molecule has 0 spiro atoms. The fraction of sp³-hybridized carbons (Fsp3) is 0.324. The summed E-state index contributed by atoms with van der Waals surface area (Å²) in [4.78, 5) is 35.3. The molecule has 0 heterocycles. The highest BCUT2D eigenvalue weighted by Crippen LogP contribution is 2.22. The molecule has 0 fully saturated rings. The van der Waals surface area contributed by atoms with Crippen LogP contribution in [0, 0.1) is 0 Å². The van der Waals surface area contributed by atoms with Crippen LogP contribution in [0.4, 0.5) is 9.59 Å². The number of carbonyl (C=O) groups excluding carboxylic acids is 3. The Bertz CT molecular complexity index is 1510. The Hall–Kier alpha value is -4.69. The zero-order valence-electron chi connectivity index (χ0n) is 26.7. The first-order valence-corrected chi connectivity index (χ1v) is 15.0. The number of aliphatic hydroxyl groups excluding tert-OH is 1. The summed E-state index contributed by atoms with van der Waals surface area (Å²) in [6, 6.07) is 31.3. The van der Waals surface area contributed by atoms with Gasteiger partial charge in [-0.25, -0.2) is 9.59 Å². The van der Waals surface area contributed by atoms with Gasteiger partial charge < -0.3 is 30.0 Å². The molecule has 0 aliphatic heterocycles. The van der Waals surface area contributed by atoms with Gasteiger partial charge in [-0.1, -0.05) is 103 Å². The van der Waals surface area contributed by atoms with Crippen molar-refractivity contribution in [3.05, 3.63) is 120 Å². The van der Waals surface area contributed by atoms with Crippen molar-refractivity contribution >= 4 is 28.7 Å². The monoisotopic (exact) mass is 612 g/mol. The van der Waals surface area contributed by atoms with Crippen LogP contribution < -0.4 is 10.6 Å². The Morgan fingerprint density at radius 2 is 1.20 bits per heavy atom. The van der Waals surface area contributed by atoms with Gasteiger partial charge in [0.25, 0.3) is 0 Å². The molecular weight excluding hydrogens is 568 g/mol. The second-order valence-corrected chi connectivity index (χ2v) is 12.0. The Morgan fingerprint density at radius 3 is 1.82 bits per heavy atom. The standard InChI is InChI=1S/C34H38N2O5.C3H6O/c1-34(2,3)41-33(39)36-30(22-27-19-12-18-26-17-10-11-20-28(26)27)31(37)29(21-24-13-6-4-7-14-24)35-32(38)40-23-25-15-8-5-9-16-25;1-3(2)4/h4-20,29-31,37H,21-23H2,1-3H3,(H,35,38)(H,36,39);1-2H3/t29-,30-,31+;/m1./s1. The summed E-state index contributed by atoms with van der Waals surface area (Å²) in [7, 11) is 0. The molecule has 0 saturated heterocycles. The molecule has 0 aromatic heterocycles. The highest BCUT2D eigenvalue weighted by molar-refractivity contribution is 5.85. The first kappa shape index (κ1) is 34.8. The van der Waals surface area contributed by atoms with Gasteiger partial charge in [0.05, 0.1) is 18.2 Å². The Labute approximate surface area is 265 Å². The summed E-state index contributed by atoms with van der Waals surface area (Å²) >= 11 is 0. The fourth-order valence-electron chi connectivity index (χ4n) is 4.75. The number of benzene rings is 4. The first-order chi connectivity index (χ1) is 21.4. The van der Waals surface area contributed by atoms with E-state index in [2.05, 4.69) is 10.6 Å². The van der Waals surface area contributed by atoms with E-state index in [0.29, 0.717) is 12.8 Å². The number of aliphatic hydroxyl groups is 1. The molecule has 0 aliphatic carbocycles. The molecule has 0 saturated carbocycles. The van der Waals surface area contributed by atoms with E-state index in [1.54, 1.807) is 20.8 Å². The third kappa shape index (κ3) is 12.4. The fourth-order valence-corrected chi connectivity index (χ4v) is 4.75. The topological polar surface area (TPSA) is 114 Å². The van der Waals surface area contributed by atoms with Crippen LogP contribution in [0.1, 0.15) is 51.3 Å². The highest BCUT2D eigenvalue weighted by Gasteiger charge is 2.32. The summed E-state index contributed by atoms with van der Waals surface area (Å²) < 4.78 is 11.0. The molecule has 0 unspecified atom stereocenters. The number of Topliss-reactive ketones (excluding diaryl/α,β-unsaturated/α-hetero) is 1. The summed E-state index contributed by atoms with van der Waals surface area (Å²) in [5, 5.41) is 19.6. The van der Waals surface area contributed by atoms with Gasteiger partial charge in [-0.05, 0) is 74.9 Å². The van der Waals surface area contributed by atoms with E-state index >= 15 is 0 Å². The van der Waals surface area contributed by atoms with Gasteiger partial charge in [-0.15, -0.1) is 0 Å². The SMILES string of the molecule is CC(C)(C)OC(=O)N[C@H](Cc1cccc2ccccc12)[C@@H](O)[C@@H](Cc1ccccc1)NC(=O)OCc1ccccc1.CC(C)=O. The molecule has 0 bridgehead atoms. The van der Waals surface area contributed by atoms with E-state index in [1.807, 2.05) is 103 Å². The third-order valence-corrected chi connectivity index (χ3v) is 6.66. The number of hydrogen-bond donors (Lipinski definition) is 3. The van der Waals surface area contributed by atoms with Gasteiger partial charge >= 0.3 is 12.2 Å². The van der Waals surface area contributed by atoms with Crippen LogP contribution in [-0.4, -0.2) is 46.9 Å². The van der Waals surface area contributed by atoms with Crippen molar-refractivity contribution in [2.75, 3.05) is 0 Å². The molecule has 45 heavy (non-hydrogen) atoms. The van der Waals surface area contributed by atoms with E-state index in [-0.39, 0.29) is 12.4 Å². The molecule has 0 radical (unpaired) electrons. The van der Waals surface area contributed by atoms with Gasteiger partial charge in [-0.2, -0.15) is 0 Å². The smallest absolute Gasteiger partial charge is 0.407 e. The number of fused-ring (bicyclic) bond motifs is 1. The quantitative estimate of drug-likeness (QED) is 0.182. The number of amides is 2. The summed E-state index contributed by atoms with van der Waals surface area (Å²) in [6.07, 6.45) is -1.84. The van der Waals surface area contributed by atoms with Crippen molar-refractivity contribution < 1.29 is 29.0 Å². The largest absolute Gasteiger partial charge is 0.445 e. The van der Waals surface area contributed by atoms with Gasteiger partial charge in [0, 0.05) is 0 Å². The normalized spacial score (nSPS) is 12.9. The Balaban J connectivity index is 0.00000130.